The highest BCUT2D eigenvalue weighted by Crippen LogP contribution is 2.19. The number of carboxylic acids is 1. The van der Waals surface area contributed by atoms with Crippen LogP contribution in [0.3, 0.4) is 0 Å². The second kappa shape index (κ2) is 29.7. The molecule has 0 aliphatic carbocycles. The van der Waals surface area contributed by atoms with E-state index >= 15 is 0 Å². The summed E-state index contributed by atoms with van der Waals surface area (Å²) in [6.45, 7) is 6.28. The first-order chi connectivity index (χ1) is 35.7. The number of imidazole rings is 1. The molecule has 0 saturated heterocycles. The van der Waals surface area contributed by atoms with Crippen LogP contribution in [0.15, 0.2) is 42.9 Å². The number of aliphatic hydroxyl groups is 8. The van der Waals surface area contributed by atoms with Gasteiger partial charge in [0, 0.05) is 34.2 Å². The number of benzene rings is 1. The van der Waals surface area contributed by atoms with Gasteiger partial charge in [0.25, 0.3) is 11.8 Å². The van der Waals surface area contributed by atoms with Crippen LogP contribution in [0.25, 0.3) is 0 Å². The molecular formula is C48H76N10O19. The number of amides is 8. The average molecular weight is 1100 g/mol. The van der Waals surface area contributed by atoms with Gasteiger partial charge in [-0.05, 0) is 52.5 Å². The Morgan fingerprint density at radius 2 is 1.29 bits per heavy atom. The van der Waals surface area contributed by atoms with Crippen molar-refractivity contribution in [2.45, 2.75) is 145 Å². The lowest BCUT2D eigenvalue weighted by Crippen LogP contribution is -2.65. The lowest BCUT2D eigenvalue weighted by Gasteiger charge is -2.33. The number of hydrogen-bond acceptors (Lipinski definition) is 19. The molecule has 0 spiro atoms. The van der Waals surface area contributed by atoms with Crippen molar-refractivity contribution in [3.63, 3.8) is 0 Å². The Labute approximate surface area is 444 Å². The van der Waals surface area contributed by atoms with E-state index in [4.69, 9.17) is 4.74 Å². The zero-order chi connectivity index (χ0) is 58.9. The number of aryl methyl sites for hydroxylation is 1. The Hall–Kier alpha value is -6.70. The van der Waals surface area contributed by atoms with Crippen LogP contribution < -0.4 is 37.2 Å². The minimum Gasteiger partial charge on any atom is -0.480 e. The zero-order valence-electron chi connectivity index (χ0n) is 44.5. The highest BCUT2D eigenvalue weighted by molar-refractivity contribution is 5.97. The fraction of sp³-hybridized carbons (Fsp3) is 0.625. The summed E-state index contributed by atoms with van der Waals surface area (Å²) in [6, 6.07) is -2.28. The van der Waals surface area contributed by atoms with E-state index in [-0.39, 0.29) is 24.5 Å². The molecule has 8 amide bonds. The van der Waals surface area contributed by atoms with Crippen molar-refractivity contribution >= 4 is 53.2 Å². The highest BCUT2D eigenvalue weighted by Gasteiger charge is 2.42. The van der Waals surface area contributed by atoms with Gasteiger partial charge in [0.05, 0.1) is 48.7 Å². The number of aliphatic carboxylic acids is 1. The molecule has 12 atom stereocenters. The SMILES string of the molecule is CO[C@@H](CNC(=O)[C@H](NC(=O)[C@H](O)[C@H](C)O)[C@H](O)c1cncn1C)[C@H](O)[C@H](O)C(=O)N(C)[C@@H](Cc1ccccc1)C(=O)NCC(=O)N[C@H](C(=O)N[C@@H](CO)C(=O)N[C@H](C(=O)N[C@@H](CC(C)C)C(=O)O)C(C)(C)O)C(C)(C)O. The van der Waals surface area contributed by atoms with Gasteiger partial charge in [-0.25, -0.2) is 9.78 Å². The normalized spacial score (nSPS) is 16.5. The molecule has 432 valence electrons. The first-order valence-corrected chi connectivity index (χ1v) is 24.2. The largest absolute Gasteiger partial charge is 0.480 e. The van der Waals surface area contributed by atoms with Gasteiger partial charge in [0.1, 0.15) is 54.6 Å². The van der Waals surface area contributed by atoms with Crippen LogP contribution in [0.2, 0.25) is 0 Å². The first-order valence-electron chi connectivity index (χ1n) is 24.2. The number of nitrogens with zero attached hydrogens (tertiary/aromatic N) is 3. The summed E-state index contributed by atoms with van der Waals surface area (Å²) in [5.74, 6) is -10.9. The summed E-state index contributed by atoms with van der Waals surface area (Å²) < 4.78 is 6.60. The van der Waals surface area contributed by atoms with Gasteiger partial charge in [-0.3, -0.25) is 38.4 Å². The van der Waals surface area contributed by atoms with Crippen molar-refractivity contribution in [1.29, 1.82) is 0 Å². The highest BCUT2D eigenvalue weighted by atomic mass is 16.5. The molecule has 0 fully saturated rings. The molecule has 77 heavy (non-hydrogen) atoms. The second-order valence-corrected chi connectivity index (χ2v) is 19.9. The van der Waals surface area contributed by atoms with E-state index in [0.29, 0.717) is 5.56 Å². The molecule has 0 aliphatic heterocycles. The molecule has 29 nitrogen and oxygen atoms in total. The molecule has 1 heterocycles. The van der Waals surface area contributed by atoms with E-state index in [1.165, 1.54) is 24.1 Å². The molecule has 1 aromatic heterocycles. The van der Waals surface area contributed by atoms with Crippen molar-refractivity contribution in [3.8, 4) is 0 Å². The number of aromatic nitrogens is 2. The molecule has 29 heteroatoms. The maximum Gasteiger partial charge on any atom is 0.326 e. The molecule has 0 radical (unpaired) electrons. The molecular weight excluding hydrogens is 1020 g/mol. The summed E-state index contributed by atoms with van der Waals surface area (Å²) >= 11 is 0. The van der Waals surface area contributed by atoms with Gasteiger partial charge in [-0.15, -0.1) is 0 Å². The summed E-state index contributed by atoms with van der Waals surface area (Å²) in [4.78, 5) is 124. The number of hydrogen-bond donors (Lipinski definition) is 16. The number of methoxy groups -OCH3 is 1. The van der Waals surface area contributed by atoms with Crippen molar-refractivity contribution < 1.29 is 93.8 Å². The molecule has 0 aliphatic rings. The topological polar surface area (TPSA) is 450 Å². The van der Waals surface area contributed by atoms with E-state index in [2.05, 4.69) is 42.2 Å². The number of aliphatic hydroxyl groups excluding tert-OH is 6. The number of nitrogens with one attached hydrogen (secondary N) is 7. The van der Waals surface area contributed by atoms with Gasteiger partial charge in [0.15, 0.2) is 12.2 Å². The number of carbonyl (C=O) groups is 9. The lowest BCUT2D eigenvalue weighted by atomic mass is 9.96. The number of carboxylic acid groups (broad SMARTS) is 1. The van der Waals surface area contributed by atoms with Crippen molar-refractivity contribution in [1.82, 2.24) is 51.7 Å². The fourth-order valence-electron chi connectivity index (χ4n) is 7.44. The maximum atomic E-state index is 13.9. The van der Waals surface area contributed by atoms with Crippen LogP contribution in [0, 0.1) is 5.92 Å². The predicted octanol–water partition coefficient (Wildman–Crippen LogP) is -6.68. The van der Waals surface area contributed by atoms with Crippen molar-refractivity contribution in [3.05, 3.63) is 54.1 Å². The van der Waals surface area contributed by atoms with Crippen LogP contribution in [0.1, 0.15) is 72.2 Å². The van der Waals surface area contributed by atoms with Crippen LogP contribution in [-0.2, 0) is 61.4 Å². The van der Waals surface area contributed by atoms with E-state index in [9.17, 15) is 89.1 Å². The van der Waals surface area contributed by atoms with Crippen LogP contribution >= 0.6 is 0 Å². The third-order valence-electron chi connectivity index (χ3n) is 12.0. The minimum atomic E-state index is -2.36. The Morgan fingerprint density at radius 3 is 1.77 bits per heavy atom. The second-order valence-electron chi connectivity index (χ2n) is 19.9. The Balaban J connectivity index is 2.27. The van der Waals surface area contributed by atoms with Crippen LogP contribution in [-0.4, -0.2) is 225 Å². The molecule has 2 rings (SSSR count). The van der Waals surface area contributed by atoms with Gasteiger partial charge in [0.2, 0.25) is 35.4 Å². The molecule has 2 aromatic rings. The maximum absolute atomic E-state index is 13.9. The van der Waals surface area contributed by atoms with E-state index < -0.39 is 157 Å². The Bertz CT molecular complexity index is 2320. The fourth-order valence-corrected chi connectivity index (χ4v) is 7.44. The van der Waals surface area contributed by atoms with E-state index in [1.807, 2.05) is 0 Å². The van der Waals surface area contributed by atoms with Crippen molar-refractivity contribution in [2.24, 2.45) is 13.0 Å². The molecule has 0 bridgehead atoms. The lowest BCUT2D eigenvalue weighted by molar-refractivity contribution is -0.156. The van der Waals surface area contributed by atoms with Crippen molar-refractivity contribution in [2.75, 3.05) is 33.9 Å². The number of carbonyl (C=O) groups excluding carboxylic acids is 8. The summed E-state index contributed by atoms with van der Waals surface area (Å²) in [5.41, 5.74) is -3.61. The summed E-state index contributed by atoms with van der Waals surface area (Å²) in [6.07, 6.45) is -9.21. The summed E-state index contributed by atoms with van der Waals surface area (Å²) in [7, 11) is 3.63. The van der Waals surface area contributed by atoms with Gasteiger partial charge >= 0.3 is 5.97 Å². The molecule has 0 saturated carbocycles. The van der Waals surface area contributed by atoms with Gasteiger partial charge in [-0.2, -0.15) is 0 Å². The van der Waals surface area contributed by atoms with E-state index in [0.717, 1.165) is 53.7 Å². The Morgan fingerprint density at radius 1 is 0.727 bits per heavy atom. The molecule has 0 unspecified atom stereocenters. The van der Waals surface area contributed by atoms with Crippen LogP contribution in [0.4, 0.5) is 0 Å². The smallest absolute Gasteiger partial charge is 0.326 e. The van der Waals surface area contributed by atoms with Gasteiger partial charge in [-0.1, -0.05) is 44.2 Å². The number of ether oxygens (including phenoxy) is 1. The zero-order valence-corrected chi connectivity index (χ0v) is 44.5. The third kappa shape index (κ3) is 20.0. The quantitative estimate of drug-likeness (QED) is 0.0334. The first kappa shape index (κ1) is 66.4. The van der Waals surface area contributed by atoms with Crippen LogP contribution in [0.5, 0.6) is 0 Å². The third-order valence-corrected chi connectivity index (χ3v) is 12.0. The minimum absolute atomic E-state index is 0.00335. The Kier molecular flexibility index (Phi) is 25.6. The standard InChI is InChI=1S/C48H76N10O19/c1-23(2)16-26(46(73)74)52-44(71)38(48(6,7)76)56-39(66)27(21-59)53-43(70)37(47(4,5)75)54-31(61)20-51-40(67)28(17-25-14-12-11-13-15-25)58(9)45(72)36(65)35(64)30(77-10)19-50-41(68)32(55-42(69)33(62)24(3)60)34(63)29-18-49-22-57(29)8/h11-15,18,22-24,26-28,30,32-38,59-60,62-65,75-76H,16-17,19-21H2,1-10H3,(H,50,68)(H,51,67)(H,52,71)(H,53,70)(H,54,61)(H,55,69)(H,56,66)(H,73,74)/t24-,26-,27-,28-,30-,32+,33+,34+,35-,36-,37+,38+/m0/s1. The number of likely N-dealkylation sites (N-methyl/N-ethyl adjacent to an activating group) is 1. The monoisotopic (exact) mass is 1100 g/mol. The average Bonchev–Trinajstić information content (AvgIpc) is 3.79. The van der Waals surface area contributed by atoms with E-state index in [1.54, 1.807) is 44.2 Å². The molecule has 16 N–H and O–H groups in total. The predicted molar refractivity (Wildman–Crippen MR) is 268 cm³/mol. The number of rotatable bonds is 31. The van der Waals surface area contributed by atoms with Gasteiger partial charge < -0.3 is 97.4 Å². The summed E-state index contributed by atoms with van der Waals surface area (Å²) in [5, 5.41) is 110. The molecule has 1 aromatic carbocycles.